The molecule has 2 heterocycles. The molecule has 98 valence electrons. The average molecular weight is 257 g/mol. The highest BCUT2D eigenvalue weighted by molar-refractivity contribution is 5.88. The van der Waals surface area contributed by atoms with Crippen molar-refractivity contribution in [2.75, 3.05) is 7.11 Å². The summed E-state index contributed by atoms with van der Waals surface area (Å²) in [5.41, 5.74) is 2.08. The van der Waals surface area contributed by atoms with Crippen LogP contribution in [0.4, 0.5) is 0 Å². The summed E-state index contributed by atoms with van der Waals surface area (Å²) in [7, 11) is 1.56. The Morgan fingerprint density at radius 3 is 2.68 bits per heavy atom. The molecule has 0 radical (unpaired) electrons. The quantitative estimate of drug-likeness (QED) is 0.790. The van der Waals surface area contributed by atoms with Gasteiger partial charge in [-0.3, -0.25) is 4.79 Å². The standard InChI is InChI=1S/C15H15NO3/c1-18-14-13(12-7-8-19-10-12)16(15(14)17)9-11-5-3-2-4-6-11/h2-8,10,13-14H,9H2,1H3/t13-,14-/m1/s1. The largest absolute Gasteiger partial charge is 0.472 e. The van der Waals surface area contributed by atoms with Gasteiger partial charge in [0.1, 0.15) is 0 Å². The number of hydrogen-bond acceptors (Lipinski definition) is 3. The van der Waals surface area contributed by atoms with Gasteiger partial charge >= 0.3 is 0 Å². The summed E-state index contributed by atoms with van der Waals surface area (Å²) in [6.07, 6.45) is 2.88. The molecule has 1 aromatic carbocycles. The van der Waals surface area contributed by atoms with E-state index in [0.717, 1.165) is 11.1 Å². The highest BCUT2D eigenvalue weighted by atomic mass is 16.5. The van der Waals surface area contributed by atoms with E-state index in [0.29, 0.717) is 6.54 Å². The number of carbonyl (C=O) groups excluding carboxylic acids is 1. The van der Waals surface area contributed by atoms with Crippen LogP contribution in [0.5, 0.6) is 0 Å². The third kappa shape index (κ3) is 2.04. The molecule has 1 fully saturated rings. The normalized spacial score (nSPS) is 22.4. The Hall–Kier alpha value is -2.07. The van der Waals surface area contributed by atoms with E-state index in [4.69, 9.17) is 9.15 Å². The first-order valence-corrected chi connectivity index (χ1v) is 6.20. The molecule has 19 heavy (non-hydrogen) atoms. The molecule has 1 aliphatic rings. The van der Waals surface area contributed by atoms with E-state index in [1.165, 1.54) is 0 Å². The number of furan rings is 1. The second kappa shape index (κ2) is 4.90. The van der Waals surface area contributed by atoms with Gasteiger partial charge in [-0.1, -0.05) is 30.3 Å². The lowest BCUT2D eigenvalue weighted by molar-refractivity contribution is -0.172. The van der Waals surface area contributed by atoms with Crippen LogP contribution in [0.2, 0.25) is 0 Å². The van der Waals surface area contributed by atoms with E-state index in [2.05, 4.69) is 0 Å². The lowest BCUT2D eigenvalue weighted by Crippen LogP contribution is -2.58. The summed E-state index contributed by atoms with van der Waals surface area (Å²) in [6.45, 7) is 0.593. The number of likely N-dealkylation sites (tertiary alicyclic amines) is 1. The van der Waals surface area contributed by atoms with E-state index in [9.17, 15) is 4.79 Å². The first kappa shape index (κ1) is 12.0. The fourth-order valence-corrected chi connectivity index (χ4v) is 2.50. The van der Waals surface area contributed by atoms with Crippen molar-refractivity contribution in [3.8, 4) is 0 Å². The number of β-lactam (4-membered cyclic amide) rings is 1. The van der Waals surface area contributed by atoms with Gasteiger partial charge in [-0.25, -0.2) is 0 Å². The van der Waals surface area contributed by atoms with E-state index in [-0.39, 0.29) is 11.9 Å². The molecule has 1 aromatic heterocycles. The van der Waals surface area contributed by atoms with Crippen LogP contribution in [0.25, 0.3) is 0 Å². The molecular weight excluding hydrogens is 242 g/mol. The minimum absolute atomic E-state index is 0.0255. The fourth-order valence-electron chi connectivity index (χ4n) is 2.50. The van der Waals surface area contributed by atoms with Gasteiger partial charge < -0.3 is 14.1 Å². The molecule has 2 aromatic rings. The van der Waals surface area contributed by atoms with E-state index < -0.39 is 6.10 Å². The number of hydrogen-bond donors (Lipinski definition) is 0. The van der Waals surface area contributed by atoms with Crippen LogP contribution >= 0.6 is 0 Å². The molecule has 4 heteroatoms. The maximum atomic E-state index is 12.1. The second-order valence-corrected chi connectivity index (χ2v) is 4.61. The Morgan fingerprint density at radius 2 is 2.05 bits per heavy atom. The van der Waals surface area contributed by atoms with E-state index >= 15 is 0 Å². The van der Waals surface area contributed by atoms with Crippen LogP contribution in [0.15, 0.2) is 53.3 Å². The first-order valence-electron chi connectivity index (χ1n) is 6.20. The number of rotatable bonds is 4. The third-order valence-electron chi connectivity index (χ3n) is 3.48. The van der Waals surface area contributed by atoms with E-state index in [1.807, 2.05) is 41.3 Å². The lowest BCUT2D eigenvalue weighted by atomic mass is 9.91. The molecule has 1 amide bonds. The van der Waals surface area contributed by atoms with Crippen LogP contribution in [0.3, 0.4) is 0 Å². The predicted octanol–water partition coefficient (Wildman–Crippen LogP) is 2.38. The number of carbonyl (C=O) groups is 1. The minimum atomic E-state index is -0.402. The number of methoxy groups -OCH3 is 1. The van der Waals surface area contributed by atoms with E-state index in [1.54, 1.807) is 19.6 Å². The Balaban J connectivity index is 1.82. The van der Waals surface area contributed by atoms with Crippen molar-refractivity contribution in [1.29, 1.82) is 0 Å². The van der Waals surface area contributed by atoms with Gasteiger partial charge in [-0.05, 0) is 11.6 Å². The molecule has 0 bridgehead atoms. The molecule has 0 aliphatic carbocycles. The Morgan fingerprint density at radius 1 is 1.26 bits per heavy atom. The molecular formula is C15H15NO3. The highest BCUT2D eigenvalue weighted by Crippen LogP contribution is 2.38. The van der Waals surface area contributed by atoms with Gasteiger partial charge in [0, 0.05) is 19.2 Å². The molecule has 0 unspecified atom stereocenters. The Labute approximate surface area is 111 Å². The van der Waals surface area contributed by atoms with Crippen molar-refractivity contribution in [2.45, 2.75) is 18.7 Å². The maximum Gasteiger partial charge on any atom is 0.255 e. The van der Waals surface area contributed by atoms with Crippen molar-refractivity contribution in [3.05, 3.63) is 60.1 Å². The third-order valence-corrected chi connectivity index (χ3v) is 3.48. The highest BCUT2D eigenvalue weighted by Gasteiger charge is 2.48. The smallest absolute Gasteiger partial charge is 0.255 e. The molecule has 4 nitrogen and oxygen atoms in total. The first-order chi connectivity index (χ1) is 9.31. The van der Waals surface area contributed by atoms with Gasteiger partial charge in [0.05, 0.1) is 18.6 Å². The van der Waals surface area contributed by atoms with Crippen molar-refractivity contribution in [2.24, 2.45) is 0 Å². The van der Waals surface area contributed by atoms with Crippen LogP contribution in [0.1, 0.15) is 17.2 Å². The molecule has 0 spiro atoms. The summed E-state index contributed by atoms with van der Waals surface area (Å²) in [5, 5.41) is 0. The SMILES string of the molecule is CO[C@H]1C(=O)N(Cc2ccccc2)[C@@H]1c1ccoc1. The van der Waals surface area contributed by atoms with Crippen LogP contribution in [-0.2, 0) is 16.1 Å². The summed E-state index contributed by atoms with van der Waals surface area (Å²) in [4.78, 5) is 13.9. The molecule has 0 N–H and O–H groups in total. The topological polar surface area (TPSA) is 42.7 Å². The average Bonchev–Trinajstić information content (AvgIpc) is 2.96. The summed E-state index contributed by atoms with van der Waals surface area (Å²) < 4.78 is 10.4. The fraction of sp³-hybridized carbons (Fsp3) is 0.267. The molecule has 1 aliphatic heterocycles. The predicted molar refractivity (Wildman–Crippen MR) is 69.2 cm³/mol. The van der Waals surface area contributed by atoms with Gasteiger partial charge in [0.15, 0.2) is 6.10 Å². The summed E-state index contributed by atoms with van der Waals surface area (Å²) in [6, 6.07) is 11.8. The zero-order valence-electron chi connectivity index (χ0n) is 10.7. The Kier molecular flexibility index (Phi) is 3.09. The monoisotopic (exact) mass is 257 g/mol. The number of ether oxygens (including phenoxy) is 1. The van der Waals surface area contributed by atoms with Crippen LogP contribution < -0.4 is 0 Å². The minimum Gasteiger partial charge on any atom is -0.472 e. The van der Waals surface area contributed by atoms with Gasteiger partial charge in [0.2, 0.25) is 0 Å². The molecule has 0 saturated carbocycles. The molecule has 1 saturated heterocycles. The lowest BCUT2D eigenvalue weighted by Gasteiger charge is -2.45. The summed E-state index contributed by atoms with van der Waals surface area (Å²) in [5.74, 6) is 0.0255. The van der Waals surface area contributed by atoms with Gasteiger partial charge in [0.25, 0.3) is 5.91 Å². The number of amides is 1. The van der Waals surface area contributed by atoms with Crippen molar-refractivity contribution in [3.63, 3.8) is 0 Å². The van der Waals surface area contributed by atoms with Crippen molar-refractivity contribution < 1.29 is 13.9 Å². The van der Waals surface area contributed by atoms with Crippen molar-refractivity contribution >= 4 is 5.91 Å². The number of nitrogens with zero attached hydrogens (tertiary/aromatic N) is 1. The zero-order valence-corrected chi connectivity index (χ0v) is 10.7. The Bertz CT molecular complexity index is 550. The second-order valence-electron chi connectivity index (χ2n) is 4.61. The molecule has 3 rings (SSSR count). The van der Waals surface area contributed by atoms with Crippen LogP contribution in [0, 0.1) is 0 Å². The van der Waals surface area contributed by atoms with Gasteiger partial charge in [-0.15, -0.1) is 0 Å². The zero-order chi connectivity index (χ0) is 13.2. The maximum absolute atomic E-state index is 12.1. The van der Waals surface area contributed by atoms with Crippen LogP contribution in [-0.4, -0.2) is 24.0 Å². The van der Waals surface area contributed by atoms with Gasteiger partial charge in [-0.2, -0.15) is 0 Å². The van der Waals surface area contributed by atoms with Crippen molar-refractivity contribution in [1.82, 2.24) is 4.90 Å². The molecule has 2 atom stereocenters. The number of benzene rings is 1. The summed E-state index contributed by atoms with van der Waals surface area (Å²) >= 11 is 0.